The van der Waals surface area contributed by atoms with E-state index in [-0.39, 0.29) is 0 Å². The van der Waals surface area contributed by atoms with Gasteiger partial charge in [0.05, 0.1) is 0 Å². The minimum atomic E-state index is 0.376. The van der Waals surface area contributed by atoms with E-state index in [4.69, 9.17) is 22.7 Å². The van der Waals surface area contributed by atoms with E-state index in [1.807, 2.05) is 48.5 Å². The van der Waals surface area contributed by atoms with Crippen molar-refractivity contribution in [1.82, 2.24) is 0 Å². The lowest BCUT2D eigenvalue weighted by molar-refractivity contribution is 0.305. The van der Waals surface area contributed by atoms with Gasteiger partial charge in [-0.3, -0.25) is 0 Å². The number of thiocarbonyl (C=S) groups is 1. The van der Waals surface area contributed by atoms with Crippen molar-refractivity contribution in [3.63, 3.8) is 0 Å². The zero-order valence-corrected chi connectivity index (χ0v) is 12.0. The van der Waals surface area contributed by atoms with Gasteiger partial charge in [-0.1, -0.05) is 58.5 Å². The summed E-state index contributed by atoms with van der Waals surface area (Å²) in [6.07, 6.45) is 0. The van der Waals surface area contributed by atoms with Crippen LogP contribution in [0, 0.1) is 0 Å². The van der Waals surface area contributed by atoms with Crippen molar-refractivity contribution in [3.8, 4) is 5.75 Å². The van der Waals surface area contributed by atoms with Crippen LogP contribution < -0.4 is 10.5 Å². The highest BCUT2D eigenvalue weighted by Gasteiger charge is 2.02. The van der Waals surface area contributed by atoms with Crippen molar-refractivity contribution in [2.24, 2.45) is 5.73 Å². The lowest BCUT2D eigenvalue weighted by Crippen LogP contribution is -2.09. The zero-order chi connectivity index (χ0) is 13.0. The molecule has 0 atom stereocenters. The van der Waals surface area contributed by atoms with Gasteiger partial charge in [-0.05, 0) is 18.2 Å². The molecule has 0 heterocycles. The zero-order valence-electron chi connectivity index (χ0n) is 9.60. The summed E-state index contributed by atoms with van der Waals surface area (Å²) < 4.78 is 6.76. The summed E-state index contributed by atoms with van der Waals surface area (Å²) in [6, 6.07) is 15.4. The Morgan fingerprint density at radius 3 is 2.67 bits per heavy atom. The fraction of sp³-hybridized carbons (Fsp3) is 0.0714. The van der Waals surface area contributed by atoms with Crippen LogP contribution in [0.3, 0.4) is 0 Å². The van der Waals surface area contributed by atoms with Crippen LogP contribution in [0.25, 0.3) is 0 Å². The predicted molar refractivity (Wildman–Crippen MR) is 80.8 cm³/mol. The van der Waals surface area contributed by atoms with Gasteiger partial charge in [0.25, 0.3) is 0 Å². The summed E-state index contributed by atoms with van der Waals surface area (Å²) in [5.74, 6) is 0.760. The summed E-state index contributed by atoms with van der Waals surface area (Å²) in [5, 5.41) is 0. The van der Waals surface area contributed by atoms with Crippen molar-refractivity contribution >= 4 is 33.1 Å². The molecular weight excluding hydrogens is 310 g/mol. The second-order valence-corrected chi connectivity index (χ2v) is 5.07. The Kier molecular flexibility index (Phi) is 4.33. The fourth-order valence-electron chi connectivity index (χ4n) is 1.52. The van der Waals surface area contributed by atoms with Crippen molar-refractivity contribution in [3.05, 3.63) is 64.1 Å². The maximum absolute atomic E-state index is 5.72. The van der Waals surface area contributed by atoms with Crippen molar-refractivity contribution in [1.29, 1.82) is 0 Å². The van der Waals surface area contributed by atoms with E-state index in [1.165, 1.54) is 0 Å². The van der Waals surface area contributed by atoms with E-state index in [0.717, 1.165) is 21.3 Å². The molecule has 0 radical (unpaired) electrons. The third-order valence-corrected chi connectivity index (χ3v) is 3.48. The van der Waals surface area contributed by atoms with Gasteiger partial charge in [-0.2, -0.15) is 0 Å². The maximum Gasteiger partial charge on any atom is 0.120 e. The van der Waals surface area contributed by atoms with Crippen LogP contribution >= 0.6 is 28.1 Å². The molecule has 0 aliphatic rings. The molecule has 0 saturated carbocycles. The van der Waals surface area contributed by atoms with Gasteiger partial charge in [-0.15, -0.1) is 0 Å². The molecule has 0 spiro atoms. The Morgan fingerprint density at radius 1 is 1.17 bits per heavy atom. The first kappa shape index (κ1) is 13.1. The second-order valence-electron chi connectivity index (χ2n) is 3.77. The van der Waals surface area contributed by atoms with Crippen LogP contribution in [0.4, 0.5) is 0 Å². The minimum absolute atomic E-state index is 0.376. The molecule has 0 bridgehead atoms. The van der Waals surface area contributed by atoms with Gasteiger partial charge >= 0.3 is 0 Å². The molecule has 0 amide bonds. The molecule has 0 saturated heterocycles. The van der Waals surface area contributed by atoms with Gasteiger partial charge in [0.2, 0.25) is 0 Å². The van der Waals surface area contributed by atoms with E-state index in [0.29, 0.717) is 11.6 Å². The summed E-state index contributed by atoms with van der Waals surface area (Å²) in [6.45, 7) is 0.502. The molecule has 2 aromatic rings. The van der Waals surface area contributed by atoms with Crippen LogP contribution in [0.5, 0.6) is 5.75 Å². The number of halogens is 1. The molecule has 0 aliphatic carbocycles. The second kappa shape index (κ2) is 5.98. The number of nitrogens with two attached hydrogens (primary N) is 1. The Bertz CT molecular complexity index is 571. The molecule has 2 N–H and O–H groups in total. The Balaban J connectivity index is 2.09. The molecule has 0 aromatic heterocycles. The SMILES string of the molecule is NC(=S)c1cccc(OCc2ccccc2Br)c1. The largest absolute Gasteiger partial charge is 0.489 e. The van der Waals surface area contributed by atoms with Crippen LogP contribution in [0.2, 0.25) is 0 Å². The van der Waals surface area contributed by atoms with E-state index >= 15 is 0 Å². The molecule has 4 heteroatoms. The van der Waals surface area contributed by atoms with Gasteiger partial charge in [0, 0.05) is 15.6 Å². The van der Waals surface area contributed by atoms with Gasteiger partial charge in [0.15, 0.2) is 0 Å². The third-order valence-electron chi connectivity index (χ3n) is 2.47. The summed E-state index contributed by atoms with van der Waals surface area (Å²) in [5.41, 5.74) is 7.49. The molecule has 92 valence electrons. The lowest BCUT2D eigenvalue weighted by Gasteiger charge is -2.08. The van der Waals surface area contributed by atoms with E-state index < -0.39 is 0 Å². The van der Waals surface area contributed by atoms with Gasteiger partial charge < -0.3 is 10.5 Å². The highest BCUT2D eigenvalue weighted by Crippen LogP contribution is 2.19. The summed E-state index contributed by atoms with van der Waals surface area (Å²) in [7, 11) is 0. The standard InChI is InChI=1S/C14H12BrNOS/c15-13-7-2-1-4-11(13)9-17-12-6-3-5-10(8-12)14(16)18/h1-8H,9H2,(H2,16,18). The quantitative estimate of drug-likeness (QED) is 0.873. The van der Waals surface area contributed by atoms with Crippen molar-refractivity contribution in [2.75, 3.05) is 0 Å². The average molecular weight is 322 g/mol. The molecular formula is C14H12BrNOS. The smallest absolute Gasteiger partial charge is 0.120 e. The number of hydrogen-bond acceptors (Lipinski definition) is 2. The first-order valence-corrected chi connectivity index (χ1v) is 6.63. The van der Waals surface area contributed by atoms with Crippen LogP contribution in [-0.4, -0.2) is 4.99 Å². The van der Waals surface area contributed by atoms with Gasteiger partial charge in [-0.25, -0.2) is 0 Å². The summed E-state index contributed by atoms with van der Waals surface area (Å²) in [4.78, 5) is 0.376. The fourth-order valence-corrected chi connectivity index (χ4v) is 2.04. The van der Waals surface area contributed by atoms with Crippen LogP contribution in [-0.2, 0) is 6.61 Å². The molecule has 2 aromatic carbocycles. The van der Waals surface area contributed by atoms with Crippen molar-refractivity contribution < 1.29 is 4.74 Å². The molecule has 0 aliphatic heterocycles. The van der Waals surface area contributed by atoms with E-state index in [2.05, 4.69) is 15.9 Å². The number of hydrogen-bond donors (Lipinski definition) is 1. The van der Waals surface area contributed by atoms with Crippen LogP contribution in [0.15, 0.2) is 53.0 Å². The molecule has 2 rings (SSSR count). The third kappa shape index (κ3) is 3.31. The Labute approximate surface area is 120 Å². The maximum atomic E-state index is 5.72. The normalized spacial score (nSPS) is 10.1. The lowest BCUT2D eigenvalue weighted by atomic mass is 10.2. The molecule has 18 heavy (non-hydrogen) atoms. The highest BCUT2D eigenvalue weighted by atomic mass is 79.9. The number of ether oxygens (including phenoxy) is 1. The van der Waals surface area contributed by atoms with Gasteiger partial charge in [0.1, 0.15) is 17.3 Å². The monoisotopic (exact) mass is 321 g/mol. The number of benzene rings is 2. The minimum Gasteiger partial charge on any atom is -0.489 e. The highest BCUT2D eigenvalue weighted by molar-refractivity contribution is 9.10. The molecule has 0 unspecified atom stereocenters. The first-order chi connectivity index (χ1) is 8.66. The summed E-state index contributed by atoms with van der Waals surface area (Å²) >= 11 is 8.42. The average Bonchev–Trinajstić information content (AvgIpc) is 2.38. The van der Waals surface area contributed by atoms with Crippen LogP contribution in [0.1, 0.15) is 11.1 Å². The predicted octanol–water partition coefficient (Wildman–Crippen LogP) is 3.66. The molecule has 2 nitrogen and oxygen atoms in total. The number of rotatable bonds is 4. The topological polar surface area (TPSA) is 35.2 Å². The Hall–Kier alpha value is -1.39. The van der Waals surface area contributed by atoms with Crippen molar-refractivity contribution in [2.45, 2.75) is 6.61 Å². The van der Waals surface area contributed by atoms with E-state index in [9.17, 15) is 0 Å². The Morgan fingerprint density at radius 2 is 1.94 bits per heavy atom. The molecule has 0 fully saturated rings. The van der Waals surface area contributed by atoms with E-state index in [1.54, 1.807) is 0 Å². The first-order valence-electron chi connectivity index (χ1n) is 5.43.